The molecule has 4 rings (SSSR count). The van der Waals surface area contributed by atoms with Crippen molar-refractivity contribution < 1.29 is 9.53 Å². The molecule has 4 aromatic rings. The summed E-state index contributed by atoms with van der Waals surface area (Å²) in [5, 5.41) is 0. The molecule has 0 N–H and O–H groups in total. The first-order chi connectivity index (χ1) is 16.0. The second-order valence-electron chi connectivity index (χ2n) is 7.79. The van der Waals surface area contributed by atoms with Gasteiger partial charge in [-0.2, -0.15) is 4.99 Å². The predicted octanol–water partition coefficient (Wildman–Crippen LogP) is 5.44. The Hall–Kier alpha value is -3.77. The Labute approximate surface area is 196 Å². The third-order valence-corrected chi connectivity index (χ3v) is 6.29. The van der Waals surface area contributed by atoms with Crippen molar-refractivity contribution >= 4 is 17.2 Å². The van der Waals surface area contributed by atoms with Crippen molar-refractivity contribution in [2.24, 2.45) is 4.99 Å². The molecule has 0 saturated heterocycles. The molecule has 0 saturated carbocycles. The quantitative estimate of drug-likeness (QED) is 0.402. The molecule has 0 aliphatic rings. The monoisotopic (exact) mass is 456 g/mol. The topological polar surface area (TPSA) is 60.7 Å². The van der Waals surface area contributed by atoms with Crippen LogP contribution in [0.5, 0.6) is 5.75 Å². The lowest BCUT2D eigenvalue weighted by atomic mass is 10.0. The number of nitrogens with zero attached hydrogens (tertiary/aromatic N) is 2. The summed E-state index contributed by atoms with van der Waals surface area (Å²) in [6, 6.07) is 25.6. The van der Waals surface area contributed by atoms with Crippen molar-refractivity contribution in [1.82, 2.24) is 4.57 Å². The van der Waals surface area contributed by atoms with E-state index in [2.05, 4.69) is 18.8 Å². The number of hydrogen-bond acceptors (Lipinski definition) is 4. The summed E-state index contributed by atoms with van der Waals surface area (Å²) in [7, 11) is 1.61. The second-order valence-corrected chi connectivity index (χ2v) is 8.80. The van der Waals surface area contributed by atoms with Gasteiger partial charge in [-0.05, 0) is 59.5 Å². The van der Waals surface area contributed by atoms with Crippen molar-refractivity contribution in [3.8, 4) is 21.9 Å². The summed E-state index contributed by atoms with van der Waals surface area (Å²) in [5.74, 6) is 0.526. The molecule has 1 amide bonds. The van der Waals surface area contributed by atoms with Crippen LogP contribution in [-0.2, 0) is 0 Å². The Balaban J connectivity index is 1.97. The fourth-order valence-corrected chi connectivity index (χ4v) is 4.57. The van der Waals surface area contributed by atoms with Crippen molar-refractivity contribution in [2.75, 3.05) is 7.11 Å². The molecule has 0 bridgehead atoms. The van der Waals surface area contributed by atoms with Gasteiger partial charge >= 0.3 is 0 Å². The van der Waals surface area contributed by atoms with Crippen LogP contribution in [-0.4, -0.2) is 17.6 Å². The van der Waals surface area contributed by atoms with Crippen molar-refractivity contribution in [1.29, 1.82) is 0 Å². The standard InChI is InChI=1S/C27H24N2O3S/c1-18(2)22-11-7-8-12-23(22)29-25(30)17-24(19-13-15-21(32-3)16-14-19)33-27(29)28-26(31)20-9-5-4-6-10-20/h4-18H,1-3H3. The molecular formula is C27H24N2O3S. The highest BCUT2D eigenvalue weighted by molar-refractivity contribution is 7.12. The number of para-hydroxylation sites is 1. The van der Waals surface area contributed by atoms with E-state index in [1.165, 1.54) is 15.9 Å². The Morgan fingerprint density at radius 3 is 2.27 bits per heavy atom. The Bertz CT molecular complexity index is 1400. The Kier molecular flexibility index (Phi) is 6.66. The van der Waals surface area contributed by atoms with E-state index < -0.39 is 5.91 Å². The first-order valence-corrected chi connectivity index (χ1v) is 11.4. The Morgan fingerprint density at radius 1 is 0.939 bits per heavy atom. The number of carbonyl (C=O) groups excluding carboxylic acids is 1. The molecule has 33 heavy (non-hydrogen) atoms. The summed E-state index contributed by atoms with van der Waals surface area (Å²) in [5.41, 5.74) is 2.82. The molecule has 0 aliphatic heterocycles. The zero-order valence-corrected chi connectivity index (χ0v) is 19.5. The van der Waals surface area contributed by atoms with E-state index >= 15 is 0 Å². The lowest BCUT2D eigenvalue weighted by molar-refractivity contribution is 0.0998. The van der Waals surface area contributed by atoms with Crippen LogP contribution in [0.1, 0.15) is 35.7 Å². The number of hydrogen-bond donors (Lipinski definition) is 0. The molecule has 1 aromatic heterocycles. The van der Waals surface area contributed by atoms with Crippen LogP contribution >= 0.6 is 11.3 Å². The number of amides is 1. The molecular weight excluding hydrogens is 432 g/mol. The maximum atomic E-state index is 13.4. The highest BCUT2D eigenvalue weighted by Gasteiger charge is 2.14. The fraction of sp³-hybridized carbons (Fsp3) is 0.148. The van der Waals surface area contributed by atoms with Crippen LogP contribution < -0.4 is 15.1 Å². The minimum absolute atomic E-state index is 0.192. The van der Waals surface area contributed by atoms with E-state index in [4.69, 9.17) is 4.74 Å². The minimum Gasteiger partial charge on any atom is -0.497 e. The average molecular weight is 457 g/mol. The van der Waals surface area contributed by atoms with Gasteiger partial charge in [0.05, 0.1) is 12.8 Å². The van der Waals surface area contributed by atoms with Gasteiger partial charge < -0.3 is 4.74 Å². The Morgan fingerprint density at radius 2 is 1.61 bits per heavy atom. The highest BCUT2D eigenvalue weighted by Crippen LogP contribution is 2.25. The van der Waals surface area contributed by atoms with Crippen LogP contribution in [0.3, 0.4) is 0 Å². The zero-order valence-electron chi connectivity index (χ0n) is 18.7. The summed E-state index contributed by atoms with van der Waals surface area (Å²) >= 11 is 1.30. The molecule has 1 heterocycles. The molecule has 0 unspecified atom stereocenters. The fourth-order valence-electron chi connectivity index (χ4n) is 3.55. The molecule has 5 nitrogen and oxygen atoms in total. The van der Waals surface area contributed by atoms with E-state index in [1.807, 2.05) is 54.6 Å². The van der Waals surface area contributed by atoms with Gasteiger partial charge in [-0.25, -0.2) is 0 Å². The van der Waals surface area contributed by atoms with Gasteiger partial charge in [-0.1, -0.05) is 61.6 Å². The molecule has 0 atom stereocenters. The summed E-state index contributed by atoms with van der Waals surface area (Å²) in [6.45, 7) is 4.15. The van der Waals surface area contributed by atoms with Crippen LogP contribution in [0.15, 0.2) is 94.7 Å². The van der Waals surface area contributed by atoms with E-state index in [0.717, 1.165) is 27.4 Å². The first kappa shape index (κ1) is 22.4. The third-order valence-electron chi connectivity index (χ3n) is 5.26. The van der Waals surface area contributed by atoms with Crippen molar-refractivity contribution in [3.05, 3.63) is 111 Å². The van der Waals surface area contributed by atoms with Crippen molar-refractivity contribution in [3.63, 3.8) is 0 Å². The van der Waals surface area contributed by atoms with E-state index in [-0.39, 0.29) is 11.5 Å². The van der Waals surface area contributed by atoms with E-state index in [0.29, 0.717) is 10.4 Å². The first-order valence-electron chi connectivity index (χ1n) is 10.6. The van der Waals surface area contributed by atoms with E-state index in [9.17, 15) is 9.59 Å². The van der Waals surface area contributed by atoms with Crippen LogP contribution in [0.25, 0.3) is 16.1 Å². The summed E-state index contributed by atoms with van der Waals surface area (Å²) in [6.07, 6.45) is 0. The van der Waals surface area contributed by atoms with E-state index in [1.54, 1.807) is 37.4 Å². The van der Waals surface area contributed by atoms with Gasteiger partial charge in [0.25, 0.3) is 11.5 Å². The SMILES string of the molecule is COc1ccc(-c2cc(=O)n(-c3ccccc3C(C)C)c(=NC(=O)c3ccccc3)s2)cc1. The highest BCUT2D eigenvalue weighted by atomic mass is 32.1. The van der Waals surface area contributed by atoms with Gasteiger partial charge in [0.2, 0.25) is 4.80 Å². The predicted molar refractivity (Wildman–Crippen MR) is 132 cm³/mol. The van der Waals surface area contributed by atoms with Crippen LogP contribution in [0.4, 0.5) is 0 Å². The van der Waals surface area contributed by atoms with Gasteiger partial charge in [-0.3, -0.25) is 14.2 Å². The smallest absolute Gasteiger partial charge is 0.279 e. The number of aromatic nitrogens is 1. The largest absolute Gasteiger partial charge is 0.497 e. The number of benzene rings is 3. The molecule has 0 aliphatic carbocycles. The second kappa shape index (κ2) is 9.79. The molecule has 3 aromatic carbocycles. The number of methoxy groups -OCH3 is 1. The average Bonchev–Trinajstić information content (AvgIpc) is 2.84. The molecule has 0 fully saturated rings. The third kappa shape index (κ3) is 4.86. The van der Waals surface area contributed by atoms with Gasteiger partial charge in [0, 0.05) is 16.5 Å². The lowest BCUT2D eigenvalue weighted by Gasteiger charge is -2.15. The van der Waals surface area contributed by atoms with Crippen LogP contribution in [0, 0.1) is 0 Å². The van der Waals surface area contributed by atoms with Gasteiger partial charge in [-0.15, -0.1) is 0 Å². The van der Waals surface area contributed by atoms with Gasteiger partial charge in [0.1, 0.15) is 5.75 Å². The number of carbonyl (C=O) groups is 1. The molecule has 0 spiro atoms. The maximum Gasteiger partial charge on any atom is 0.279 e. The maximum absolute atomic E-state index is 13.4. The minimum atomic E-state index is -0.395. The van der Waals surface area contributed by atoms with Crippen LogP contribution in [0.2, 0.25) is 0 Å². The molecule has 6 heteroatoms. The number of rotatable bonds is 5. The molecule has 0 radical (unpaired) electrons. The normalized spacial score (nSPS) is 11.6. The zero-order chi connectivity index (χ0) is 23.4. The van der Waals surface area contributed by atoms with Crippen molar-refractivity contribution in [2.45, 2.75) is 19.8 Å². The lowest BCUT2D eigenvalue weighted by Crippen LogP contribution is -2.31. The number of ether oxygens (including phenoxy) is 1. The summed E-state index contributed by atoms with van der Waals surface area (Å²) < 4.78 is 6.78. The van der Waals surface area contributed by atoms with Gasteiger partial charge in [0.15, 0.2) is 0 Å². The summed E-state index contributed by atoms with van der Waals surface area (Å²) in [4.78, 5) is 31.8. The molecule has 166 valence electrons.